The van der Waals surface area contributed by atoms with Crippen molar-refractivity contribution in [2.45, 2.75) is 43.8 Å². The largest absolute Gasteiger partial charge is 0.352 e. The zero-order chi connectivity index (χ0) is 32.7. The summed E-state index contributed by atoms with van der Waals surface area (Å²) in [5.74, 6) is -1.10. The summed E-state index contributed by atoms with van der Waals surface area (Å²) in [6.45, 7) is 2.77. The van der Waals surface area contributed by atoms with Gasteiger partial charge >= 0.3 is 0 Å². The standard InChI is InChI=1S/C33H31Cl4N3O4S/c1-22(2)38-33(42)31(16-23-10-5-3-6-11-23)39(20-28-29(36)14-9-15-30(28)37)32(41)21-40(26-18-24(34)17-25(35)19-26)45(43,44)27-12-7-4-8-13-27/h3-15,17-19,22,31H,16,20-21H2,1-2H3,(H,38,42). The van der Waals surface area contributed by atoms with Crippen molar-refractivity contribution in [1.82, 2.24) is 10.2 Å². The lowest BCUT2D eigenvalue weighted by Crippen LogP contribution is -2.54. The minimum Gasteiger partial charge on any atom is -0.352 e. The molecule has 1 atom stereocenters. The van der Waals surface area contributed by atoms with Crippen molar-refractivity contribution >= 4 is 73.9 Å². The fourth-order valence-corrected chi connectivity index (χ4v) is 7.17. The van der Waals surface area contributed by atoms with Crippen molar-refractivity contribution in [3.63, 3.8) is 0 Å². The van der Waals surface area contributed by atoms with Gasteiger partial charge < -0.3 is 10.2 Å². The average molecular weight is 708 g/mol. The highest BCUT2D eigenvalue weighted by atomic mass is 35.5. The van der Waals surface area contributed by atoms with E-state index in [0.717, 1.165) is 9.87 Å². The molecule has 0 radical (unpaired) electrons. The Balaban J connectivity index is 1.86. The van der Waals surface area contributed by atoms with Crippen LogP contribution in [0.5, 0.6) is 0 Å². The molecule has 45 heavy (non-hydrogen) atoms. The van der Waals surface area contributed by atoms with Crippen LogP contribution in [-0.4, -0.2) is 43.8 Å². The molecule has 0 saturated carbocycles. The lowest BCUT2D eigenvalue weighted by molar-refractivity contribution is -0.140. The number of halogens is 4. The second-order valence-electron chi connectivity index (χ2n) is 10.5. The Morgan fingerprint density at radius 2 is 1.33 bits per heavy atom. The predicted molar refractivity (Wildman–Crippen MR) is 182 cm³/mol. The van der Waals surface area contributed by atoms with Gasteiger partial charge in [-0.1, -0.05) is 101 Å². The van der Waals surface area contributed by atoms with Crippen molar-refractivity contribution in [3.05, 3.63) is 128 Å². The number of hydrogen-bond acceptors (Lipinski definition) is 4. The number of hydrogen-bond donors (Lipinski definition) is 1. The highest BCUT2D eigenvalue weighted by molar-refractivity contribution is 7.92. The topological polar surface area (TPSA) is 86.8 Å². The fourth-order valence-electron chi connectivity index (χ4n) is 4.72. The first-order valence-corrected chi connectivity index (χ1v) is 16.9. The van der Waals surface area contributed by atoms with Gasteiger partial charge in [0.05, 0.1) is 10.6 Å². The maximum atomic E-state index is 14.5. The molecular formula is C33H31Cl4N3O4S. The molecule has 2 amide bonds. The molecule has 0 aliphatic heterocycles. The average Bonchev–Trinajstić information content (AvgIpc) is 2.99. The lowest BCUT2D eigenvalue weighted by atomic mass is 10.0. The molecule has 0 heterocycles. The van der Waals surface area contributed by atoms with Gasteiger partial charge in [0.2, 0.25) is 11.8 Å². The Hall–Kier alpha value is -3.27. The van der Waals surface area contributed by atoms with E-state index in [1.165, 1.54) is 35.2 Å². The molecule has 4 aromatic rings. The third-order valence-electron chi connectivity index (χ3n) is 6.84. The van der Waals surface area contributed by atoms with Gasteiger partial charge in [0, 0.05) is 44.7 Å². The van der Waals surface area contributed by atoms with Crippen LogP contribution in [0, 0.1) is 0 Å². The van der Waals surface area contributed by atoms with E-state index >= 15 is 0 Å². The van der Waals surface area contributed by atoms with E-state index in [-0.39, 0.29) is 39.6 Å². The van der Waals surface area contributed by atoms with E-state index in [0.29, 0.717) is 15.6 Å². The van der Waals surface area contributed by atoms with E-state index < -0.39 is 34.4 Å². The molecule has 4 aromatic carbocycles. The minimum atomic E-state index is -4.31. The molecule has 7 nitrogen and oxygen atoms in total. The summed E-state index contributed by atoms with van der Waals surface area (Å²) in [4.78, 5) is 29.6. The molecule has 0 bridgehead atoms. The summed E-state index contributed by atoms with van der Waals surface area (Å²) >= 11 is 25.6. The highest BCUT2D eigenvalue weighted by Gasteiger charge is 2.35. The highest BCUT2D eigenvalue weighted by Crippen LogP contribution is 2.31. The monoisotopic (exact) mass is 705 g/mol. The van der Waals surface area contributed by atoms with E-state index in [1.807, 2.05) is 44.2 Å². The van der Waals surface area contributed by atoms with Crippen LogP contribution in [0.25, 0.3) is 0 Å². The quantitative estimate of drug-likeness (QED) is 0.164. The van der Waals surface area contributed by atoms with E-state index in [1.54, 1.807) is 36.4 Å². The summed E-state index contributed by atoms with van der Waals surface area (Å²) in [6.07, 6.45) is 0.141. The Kier molecular flexibility index (Phi) is 11.8. The molecule has 0 fully saturated rings. The van der Waals surface area contributed by atoms with Crippen molar-refractivity contribution < 1.29 is 18.0 Å². The molecule has 0 aliphatic carbocycles. The molecule has 1 unspecified atom stereocenters. The fraction of sp³-hybridized carbons (Fsp3) is 0.212. The van der Waals surface area contributed by atoms with Gasteiger partial charge in [0.15, 0.2) is 0 Å². The molecule has 0 saturated heterocycles. The zero-order valence-corrected chi connectivity index (χ0v) is 28.3. The van der Waals surface area contributed by atoms with Gasteiger partial charge in [-0.3, -0.25) is 13.9 Å². The van der Waals surface area contributed by atoms with Crippen molar-refractivity contribution in [3.8, 4) is 0 Å². The zero-order valence-electron chi connectivity index (χ0n) is 24.5. The third kappa shape index (κ3) is 8.93. The first kappa shape index (κ1) is 34.6. The second kappa shape index (κ2) is 15.3. The molecule has 12 heteroatoms. The number of benzene rings is 4. The summed E-state index contributed by atoms with van der Waals surface area (Å²) in [5, 5.41) is 3.84. The number of nitrogens with one attached hydrogen (secondary N) is 1. The summed E-state index contributed by atoms with van der Waals surface area (Å²) in [5.41, 5.74) is 1.28. The molecule has 0 aliphatic rings. The number of anilines is 1. The Morgan fingerprint density at radius 3 is 1.89 bits per heavy atom. The van der Waals surface area contributed by atoms with Crippen LogP contribution < -0.4 is 9.62 Å². The number of sulfonamides is 1. The van der Waals surface area contributed by atoms with E-state index in [9.17, 15) is 18.0 Å². The summed E-state index contributed by atoms with van der Waals surface area (Å²) < 4.78 is 29.1. The smallest absolute Gasteiger partial charge is 0.264 e. The maximum absolute atomic E-state index is 14.5. The first-order chi connectivity index (χ1) is 21.4. The van der Waals surface area contributed by atoms with Crippen LogP contribution >= 0.6 is 46.4 Å². The van der Waals surface area contributed by atoms with Crippen LogP contribution in [0.3, 0.4) is 0 Å². The SMILES string of the molecule is CC(C)NC(=O)C(Cc1ccccc1)N(Cc1c(Cl)cccc1Cl)C(=O)CN(c1cc(Cl)cc(Cl)c1)S(=O)(=O)c1ccccc1. The Bertz CT molecular complexity index is 1720. The van der Waals surface area contributed by atoms with Gasteiger partial charge in [0.25, 0.3) is 10.0 Å². The first-order valence-electron chi connectivity index (χ1n) is 14.0. The normalized spacial score (nSPS) is 12.1. The van der Waals surface area contributed by atoms with Crippen molar-refractivity contribution in [2.75, 3.05) is 10.8 Å². The van der Waals surface area contributed by atoms with Gasteiger partial charge in [-0.05, 0) is 61.9 Å². The predicted octanol–water partition coefficient (Wildman–Crippen LogP) is 7.66. The minimum absolute atomic E-state index is 0.0482. The van der Waals surface area contributed by atoms with Crippen molar-refractivity contribution in [2.24, 2.45) is 0 Å². The van der Waals surface area contributed by atoms with Crippen molar-refractivity contribution in [1.29, 1.82) is 0 Å². The molecule has 236 valence electrons. The molecular weight excluding hydrogens is 676 g/mol. The van der Waals surface area contributed by atoms with Crippen LogP contribution in [0.2, 0.25) is 20.1 Å². The number of rotatable bonds is 12. The molecule has 0 spiro atoms. The Labute approximate surface area is 283 Å². The lowest BCUT2D eigenvalue weighted by Gasteiger charge is -2.34. The van der Waals surface area contributed by atoms with Crippen LogP contribution in [0.4, 0.5) is 5.69 Å². The number of amides is 2. The molecule has 1 N–H and O–H groups in total. The molecule has 4 rings (SSSR count). The van der Waals surface area contributed by atoms with Gasteiger partial charge in [0.1, 0.15) is 12.6 Å². The summed E-state index contributed by atoms with van der Waals surface area (Å²) in [7, 11) is -4.31. The maximum Gasteiger partial charge on any atom is 0.264 e. The third-order valence-corrected chi connectivity index (χ3v) is 9.77. The summed E-state index contributed by atoms with van der Waals surface area (Å²) in [6, 6.07) is 24.8. The number of carbonyl (C=O) groups is 2. The van der Waals surface area contributed by atoms with Crippen LogP contribution in [0.15, 0.2) is 102 Å². The van der Waals surface area contributed by atoms with Crippen LogP contribution in [-0.2, 0) is 32.6 Å². The van der Waals surface area contributed by atoms with E-state index in [4.69, 9.17) is 46.4 Å². The van der Waals surface area contributed by atoms with Crippen LogP contribution in [0.1, 0.15) is 25.0 Å². The number of carbonyl (C=O) groups excluding carboxylic acids is 2. The van der Waals surface area contributed by atoms with Gasteiger partial charge in [-0.25, -0.2) is 8.42 Å². The van der Waals surface area contributed by atoms with E-state index in [2.05, 4.69) is 5.32 Å². The number of nitrogens with zero attached hydrogens (tertiary/aromatic N) is 2. The Morgan fingerprint density at radius 1 is 0.778 bits per heavy atom. The molecule has 0 aromatic heterocycles. The van der Waals surface area contributed by atoms with Gasteiger partial charge in [-0.2, -0.15) is 0 Å². The van der Waals surface area contributed by atoms with Gasteiger partial charge in [-0.15, -0.1) is 0 Å². The second-order valence-corrected chi connectivity index (χ2v) is 14.1.